The third-order valence-electron chi connectivity index (χ3n) is 6.35. The summed E-state index contributed by atoms with van der Waals surface area (Å²) in [5, 5.41) is 18.4. The van der Waals surface area contributed by atoms with Crippen LogP contribution in [0.4, 0.5) is 0 Å². The van der Waals surface area contributed by atoms with E-state index in [9.17, 15) is 14.7 Å². The van der Waals surface area contributed by atoms with Crippen molar-refractivity contribution in [2.45, 2.75) is 56.5 Å². The summed E-state index contributed by atoms with van der Waals surface area (Å²) in [6, 6.07) is 5.90. The van der Waals surface area contributed by atoms with Crippen LogP contribution in [0.3, 0.4) is 0 Å². The third-order valence-corrected chi connectivity index (χ3v) is 7.01. The lowest BCUT2D eigenvalue weighted by Gasteiger charge is -2.32. The molecule has 2 heterocycles. The van der Waals surface area contributed by atoms with Gasteiger partial charge in [-0.05, 0) is 75.6 Å². The average molecular weight is 461 g/mol. The molecule has 2 aromatic rings. The molecule has 0 radical (unpaired) electrons. The summed E-state index contributed by atoms with van der Waals surface area (Å²) in [4.78, 5) is 28.0. The van der Waals surface area contributed by atoms with Gasteiger partial charge in [-0.15, -0.1) is 11.8 Å². The monoisotopic (exact) mass is 460 g/mol. The van der Waals surface area contributed by atoms with Crippen LogP contribution in [0.15, 0.2) is 23.2 Å². The highest BCUT2D eigenvalue weighted by molar-refractivity contribution is 7.98. The topological polar surface area (TPSA) is 97.5 Å². The summed E-state index contributed by atoms with van der Waals surface area (Å²) in [6.45, 7) is 4.21. The largest absolute Gasteiger partial charge is 0.508 e. The van der Waals surface area contributed by atoms with Gasteiger partial charge < -0.3 is 20.7 Å². The smallest absolute Gasteiger partial charge is 0.219 e. The van der Waals surface area contributed by atoms with Crippen molar-refractivity contribution >= 4 is 35.0 Å². The van der Waals surface area contributed by atoms with Gasteiger partial charge in [0.05, 0.1) is 10.5 Å². The lowest BCUT2D eigenvalue weighted by molar-refractivity contribution is -0.121. The van der Waals surface area contributed by atoms with E-state index in [1.165, 1.54) is 0 Å². The Morgan fingerprint density at radius 2 is 2.06 bits per heavy atom. The Kier molecular flexibility index (Phi) is 9.74. The number of carbonyl (C=O) groups is 2. The van der Waals surface area contributed by atoms with E-state index in [1.54, 1.807) is 17.8 Å². The molecule has 32 heavy (non-hydrogen) atoms. The number of aromatic hydroxyl groups is 1. The standard InChI is InChI=1S/C24H36N4O3S/c1-32-23-15-19-6-7-21(30)20(24(19)27-23)16-28-13-9-18(10-14-28)8-12-26-22(31)5-3-2-4-11-25-17-29/h6-7,15,17-18,27,30H,2-5,8-14,16H2,1H3,(H,25,29)(H,26,31). The van der Waals surface area contributed by atoms with Gasteiger partial charge in [0.25, 0.3) is 0 Å². The van der Waals surface area contributed by atoms with Gasteiger partial charge in [-0.3, -0.25) is 14.5 Å². The number of benzene rings is 1. The number of phenolic OH excluding ortho intramolecular Hbond substituents is 1. The van der Waals surface area contributed by atoms with E-state index in [2.05, 4.69) is 26.6 Å². The number of aromatic amines is 1. The Bertz CT molecular complexity index is 877. The maximum atomic E-state index is 12.0. The summed E-state index contributed by atoms with van der Waals surface area (Å²) in [5.41, 5.74) is 2.02. The number of carbonyl (C=O) groups excluding carboxylic acids is 2. The summed E-state index contributed by atoms with van der Waals surface area (Å²) < 4.78 is 0. The number of aromatic nitrogens is 1. The van der Waals surface area contributed by atoms with E-state index >= 15 is 0 Å². The quantitative estimate of drug-likeness (QED) is 0.208. The summed E-state index contributed by atoms with van der Waals surface area (Å²) in [6.07, 6.45) is 9.33. The number of phenols is 1. The number of unbranched alkanes of at least 4 members (excludes halogenated alkanes) is 2. The van der Waals surface area contributed by atoms with E-state index in [-0.39, 0.29) is 5.91 Å². The van der Waals surface area contributed by atoms with Crippen LogP contribution < -0.4 is 10.6 Å². The minimum Gasteiger partial charge on any atom is -0.508 e. The van der Waals surface area contributed by atoms with Crippen molar-refractivity contribution in [1.29, 1.82) is 0 Å². The highest BCUT2D eigenvalue weighted by atomic mass is 32.2. The second-order valence-electron chi connectivity index (χ2n) is 8.61. The van der Waals surface area contributed by atoms with Crippen molar-refractivity contribution in [3.05, 3.63) is 23.8 Å². The molecule has 1 aliphatic heterocycles. The number of rotatable bonds is 13. The molecule has 1 fully saturated rings. The fourth-order valence-corrected chi connectivity index (χ4v) is 4.85. The first-order valence-electron chi connectivity index (χ1n) is 11.6. The Balaban J connectivity index is 1.35. The molecule has 4 N–H and O–H groups in total. The number of fused-ring (bicyclic) bond motifs is 1. The minimum absolute atomic E-state index is 0.130. The molecule has 0 unspecified atom stereocenters. The van der Waals surface area contributed by atoms with Crippen molar-refractivity contribution in [3.63, 3.8) is 0 Å². The Hall–Kier alpha value is -2.19. The van der Waals surface area contributed by atoms with Gasteiger partial charge >= 0.3 is 0 Å². The van der Waals surface area contributed by atoms with Gasteiger partial charge in [0, 0.05) is 37.0 Å². The van der Waals surface area contributed by atoms with Gasteiger partial charge in [0.1, 0.15) is 5.75 Å². The highest BCUT2D eigenvalue weighted by Gasteiger charge is 2.21. The molecule has 0 spiro atoms. The maximum absolute atomic E-state index is 12.0. The molecule has 1 saturated heterocycles. The number of nitrogens with zero attached hydrogens (tertiary/aromatic N) is 1. The van der Waals surface area contributed by atoms with Crippen LogP contribution in [-0.2, 0) is 16.1 Å². The van der Waals surface area contributed by atoms with Crippen molar-refractivity contribution < 1.29 is 14.7 Å². The first-order valence-corrected chi connectivity index (χ1v) is 12.9. The summed E-state index contributed by atoms with van der Waals surface area (Å²) >= 11 is 1.68. The molecular formula is C24H36N4O3S. The highest BCUT2D eigenvalue weighted by Crippen LogP contribution is 2.32. The molecule has 0 atom stereocenters. The molecule has 3 rings (SSSR count). The van der Waals surface area contributed by atoms with E-state index < -0.39 is 0 Å². The zero-order chi connectivity index (χ0) is 22.8. The van der Waals surface area contributed by atoms with Crippen LogP contribution in [-0.4, -0.2) is 59.7 Å². The first kappa shape index (κ1) is 24.5. The molecule has 1 aromatic heterocycles. The second-order valence-corrected chi connectivity index (χ2v) is 9.45. The Morgan fingerprint density at radius 1 is 1.25 bits per heavy atom. The van der Waals surface area contributed by atoms with E-state index in [4.69, 9.17) is 0 Å². The van der Waals surface area contributed by atoms with Crippen LogP contribution in [0, 0.1) is 5.92 Å². The number of hydrogen-bond donors (Lipinski definition) is 4. The zero-order valence-electron chi connectivity index (χ0n) is 19.0. The molecule has 1 aliphatic rings. The van der Waals surface area contributed by atoms with Crippen LogP contribution >= 0.6 is 11.8 Å². The van der Waals surface area contributed by atoms with Gasteiger partial charge in [0.15, 0.2) is 0 Å². The number of likely N-dealkylation sites (tertiary alicyclic amines) is 1. The lowest BCUT2D eigenvalue weighted by atomic mass is 9.93. The van der Waals surface area contributed by atoms with Crippen molar-refractivity contribution in [1.82, 2.24) is 20.5 Å². The summed E-state index contributed by atoms with van der Waals surface area (Å²) in [5.74, 6) is 1.13. The van der Waals surface area contributed by atoms with Crippen LogP contribution in [0.25, 0.3) is 10.9 Å². The SMILES string of the molecule is CSc1cc2ccc(O)c(CN3CCC(CCNC(=O)CCCCCNC=O)CC3)c2[nH]1. The number of amides is 2. The normalized spacial score (nSPS) is 15.2. The fourth-order valence-electron chi connectivity index (χ4n) is 4.40. The predicted octanol–water partition coefficient (Wildman–Crippen LogP) is 3.62. The molecule has 1 aromatic carbocycles. The van der Waals surface area contributed by atoms with Gasteiger partial charge in [0.2, 0.25) is 12.3 Å². The predicted molar refractivity (Wildman–Crippen MR) is 130 cm³/mol. The molecular weight excluding hydrogens is 424 g/mol. The number of piperidine rings is 1. The molecule has 7 nitrogen and oxygen atoms in total. The van der Waals surface area contributed by atoms with E-state index in [0.29, 0.717) is 31.0 Å². The number of hydrogen-bond acceptors (Lipinski definition) is 5. The Labute approximate surface area is 194 Å². The molecule has 8 heteroatoms. The lowest BCUT2D eigenvalue weighted by Crippen LogP contribution is -2.35. The van der Waals surface area contributed by atoms with Crippen LogP contribution in [0.5, 0.6) is 5.75 Å². The number of thioether (sulfide) groups is 1. The van der Waals surface area contributed by atoms with E-state index in [1.807, 2.05) is 12.3 Å². The van der Waals surface area contributed by atoms with Gasteiger partial charge in [-0.1, -0.05) is 6.42 Å². The minimum atomic E-state index is 0.130. The number of nitrogens with one attached hydrogen (secondary N) is 3. The van der Waals surface area contributed by atoms with Crippen molar-refractivity contribution in [2.75, 3.05) is 32.4 Å². The Morgan fingerprint density at radius 3 is 2.81 bits per heavy atom. The molecule has 0 saturated carbocycles. The zero-order valence-corrected chi connectivity index (χ0v) is 19.8. The van der Waals surface area contributed by atoms with Crippen LogP contribution in [0.2, 0.25) is 0 Å². The first-order chi connectivity index (χ1) is 15.6. The van der Waals surface area contributed by atoms with E-state index in [0.717, 1.165) is 86.2 Å². The molecule has 2 amide bonds. The number of H-pyrrole nitrogens is 1. The molecule has 0 bridgehead atoms. The van der Waals surface area contributed by atoms with Crippen molar-refractivity contribution in [3.8, 4) is 5.75 Å². The van der Waals surface area contributed by atoms with Gasteiger partial charge in [-0.25, -0.2) is 0 Å². The second kappa shape index (κ2) is 12.7. The summed E-state index contributed by atoms with van der Waals surface area (Å²) in [7, 11) is 0. The maximum Gasteiger partial charge on any atom is 0.219 e. The fraction of sp³-hybridized carbons (Fsp3) is 0.583. The van der Waals surface area contributed by atoms with Crippen molar-refractivity contribution in [2.24, 2.45) is 5.92 Å². The van der Waals surface area contributed by atoms with Crippen LogP contribution in [0.1, 0.15) is 50.5 Å². The third kappa shape index (κ3) is 7.17. The average Bonchev–Trinajstić information content (AvgIpc) is 3.23. The molecule has 176 valence electrons. The van der Waals surface area contributed by atoms with Gasteiger partial charge in [-0.2, -0.15) is 0 Å². The molecule has 0 aliphatic carbocycles.